The number of hydrogen-bond acceptors (Lipinski definition) is 2. The molecule has 0 fully saturated rings. The average Bonchev–Trinajstić information content (AvgIpc) is 1.52. The molecule has 0 radical (unpaired) electrons. The van der Waals surface area contributed by atoms with Gasteiger partial charge in [-0.2, -0.15) is 0 Å². The minimum Gasteiger partial charge on any atom is -0.310 e. The Bertz CT molecular complexity index is 4490. The van der Waals surface area contributed by atoms with E-state index < -0.39 is 5.41 Å². The molecule has 87 heavy (non-hydrogen) atoms. The first-order chi connectivity index (χ1) is 42.2. The SMILES string of the molecule is CC1(C)c2ccccc2-c2ccc(N(c3ccc4c(c3)-c3ccccc3C43c4ccccc4-c4cc(N(c5ccc6c(c5)C(C)(C)c5ccccc5-6)c5ccc6c(c5)C(C)(C)c5ccccc5-6)ccc43)c3ccc4c(c3)C(C)(C)c3ccccc3-4)cc21. The Morgan fingerprint density at radius 1 is 0.172 bits per heavy atom. The minimum atomic E-state index is -0.552. The molecular formula is C85H66N2. The molecule has 2 nitrogen and oxygen atoms in total. The number of fused-ring (bicyclic) bond motifs is 22. The van der Waals surface area contributed by atoms with E-state index in [-0.39, 0.29) is 21.7 Å². The van der Waals surface area contributed by atoms with Gasteiger partial charge in [0.2, 0.25) is 0 Å². The molecule has 0 aliphatic heterocycles. The van der Waals surface area contributed by atoms with Gasteiger partial charge in [0.05, 0.1) is 5.41 Å². The second-order valence-corrected chi connectivity index (χ2v) is 27.6. The lowest BCUT2D eigenvalue weighted by atomic mass is 9.70. The quantitative estimate of drug-likeness (QED) is 0.164. The van der Waals surface area contributed by atoms with Crippen LogP contribution in [-0.4, -0.2) is 0 Å². The smallest absolute Gasteiger partial charge is 0.0725 e. The van der Waals surface area contributed by atoms with Gasteiger partial charge in [0.15, 0.2) is 0 Å². The first-order valence-electron chi connectivity index (χ1n) is 31.2. The standard InChI is InChI=1S/C85H66N2/c1-81(2)69-27-15-9-21-57(69)63-39-33-53(47-77(63)81)86(54-34-40-64-58-22-10-16-28-70(58)82(3,4)78(64)48-54)51-37-43-75-67(45-51)61-25-13-19-31-73(61)85(75)74-32-20-14-26-62(74)68-46-52(38-44-76(68)85)87(55-35-41-65-59-23-11-17-29-71(59)83(5,6)79(65)49-55)56-36-42-66-60-24-12-18-30-72(60)84(7,8)80(66)50-56/h9-50H,1-8H3. The summed E-state index contributed by atoms with van der Waals surface area (Å²) in [6.45, 7) is 19.1. The molecule has 2 heteroatoms. The monoisotopic (exact) mass is 1110 g/mol. The second kappa shape index (κ2) is 17.2. The number of nitrogens with zero attached hydrogens (tertiary/aromatic N) is 2. The molecule has 12 aromatic rings. The van der Waals surface area contributed by atoms with Crippen LogP contribution in [0.2, 0.25) is 0 Å². The fourth-order valence-corrected chi connectivity index (χ4v) is 17.6. The zero-order chi connectivity index (χ0) is 58.7. The zero-order valence-electron chi connectivity index (χ0n) is 50.6. The lowest BCUT2D eigenvalue weighted by Crippen LogP contribution is -2.26. The highest BCUT2D eigenvalue weighted by atomic mass is 15.1. The minimum absolute atomic E-state index is 0.159. The Labute approximate surface area is 511 Å². The van der Waals surface area contributed by atoms with E-state index in [0.29, 0.717) is 0 Å². The van der Waals surface area contributed by atoms with Gasteiger partial charge in [0, 0.05) is 55.8 Å². The molecule has 0 amide bonds. The summed E-state index contributed by atoms with van der Waals surface area (Å²) in [5.74, 6) is 0. The Morgan fingerprint density at radius 2 is 0.368 bits per heavy atom. The van der Waals surface area contributed by atoms with E-state index in [4.69, 9.17) is 0 Å². The molecule has 0 heterocycles. The van der Waals surface area contributed by atoms with Crippen molar-refractivity contribution in [2.24, 2.45) is 0 Å². The maximum atomic E-state index is 2.54. The molecule has 1 spiro atoms. The van der Waals surface area contributed by atoms with Crippen molar-refractivity contribution in [2.75, 3.05) is 9.80 Å². The van der Waals surface area contributed by atoms with Gasteiger partial charge in [-0.1, -0.05) is 237 Å². The second-order valence-electron chi connectivity index (χ2n) is 27.6. The largest absolute Gasteiger partial charge is 0.310 e. The molecule has 12 aromatic carbocycles. The summed E-state index contributed by atoms with van der Waals surface area (Å²) in [6.07, 6.45) is 0. The van der Waals surface area contributed by atoms with Crippen LogP contribution in [0.3, 0.4) is 0 Å². The third-order valence-corrected chi connectivity index (χ3v) is 21.9. The van der Waals surface area contributed by atoms with Crippen LogP contribution in [-0.2, 0) is 27.1 Å². The summed E-state index contributed by atoms with van der Waals surface area (Å²) < 4.78 is 0. The van der Waals surface area contributed by atoms with Gasteiger partial charge in [-0.25, -0.2) is 0 Å². The van der Waals surface area contributed by atoms with Gasteiger partial charge in [-0.15, -0.1) is 0 Å². The summed E-state index contributed by atoms with van der Waals surface area (Å²) in [7, 11) is 0. The Kier molecular flexibility index (Phi) is 10.0. The Morgan fingerprint density at radius 3 is 0.644 bits per heavy atom. The van der Waals surface area contributed by atoms with Crippen molar-refractivity contribution in [3.8, 4) is 66.8 Å². The Hall–Kier alpha value is -9.76. The summed E-state index contributed by atoms with van der Waals surface area (Å²) in [5.41, 5.74) is 37.7. The van der Waals surface area contributed by atoms with Crippen molar-refractivity contribution >= 4 is 34.1 Å². The van der Waals surface area contributed by atoms with Gasteiger partial charge in [0.1, 0.15) is 0 Å². The van der Waals surface area contributed by atoms with E-state index in [1.54, 1.807) is 0 Å². The maximum Gasteiger partial charge on any atom is 0.0725 e. The highest BCUT2D eigenvalue weighted by Gasteiger charge is 2.52. The van der Waals surface area contributed by atoms with Crippen molar-refractivity contribution in [3.63, 3.8) is 0 Å². The molecule has 0 aromatic heterocycles. The Balaban J connectivity index is 0.822. The molecule has 0 N–H and O–H groups in total. The molecule has 0 bridgehead atoms. The maximum absolute atomic E-state index is 2.54. The molecule has 6 aliphatic carbocycles. The molecule has 416 valence electrons. The van der Waals surface area contributed by atoms with Crippen LogP contribution >= 0.6 is 0 Å². The van der Waals surface area contributed by atoms with E-state index in [2.05, 4.69) is 320 Å². The summed E-state index contributed by atoms with van der Waals surface area (Å²) in [5, 5.41) is 0. The molecule has 0 saturated heterocycles. The van der Waals surface area contributed by atoms with Gasteiger partial charge >= 0.3 is 0 Å². The van der Waals surface area contributed by atoms with Crippen molar-refractivity contribution < 1.29 is 0 Å². The topological polar surface area (TPSA) is 6.48 Å². The molecule has 6 aliphatic rings. The van der Waals surface area contributed by atoms with Crippen molar-refractivity contribution in [3.05, 3.63) is 322 Å². The van der Waals surface area contributed by atoms with Crippen LogP contribution in [0.15, 0.2) is 255 Å². The number of hydrogen-bond donors (Lipinski definition) is 0. The average molecular weight is 1120 g/mol. The highest BCUT2D eigenvalue weighted by molar-refractivity contribution is 5.99. The molecule has 0 atom stereocenters. The third-order valence-electron chi connectivity index (χ3n) is 21.9. The molecule has 0 saturated carbocycles. The number of anilines is 6. The predicted octanol–water partition coefficient (Wildman–Crippen LogP) is 22.2. The van der Waals surface area contributed by atoms with Crippen LogP contribution < -0.4 is 9.80 Å². The normalized spacial score (nSPS) is 16.3. The van der Waals surface area contributed by atoms with Crippen LogP contribution in [0.4, 0.5) is 34.1 Å². The van der Waals surface area contributed by atoms with E-state index >= 15 is 0 Å². The van der Waals surface area contributed by atoms with E-state index in [9.17, 15) is 0 Å². The van der Waals surface area contributed by atoms with Crippen molar-refractivity contribution in [2.45, 2.75) is 82.5 Å². The van der Waals surface area contributed by atoms with Gasteiger partial charge < -0.3 is 9.80 Å². The summed E-state index contributed by atoms with van der Waals surface area (Å²) in [6, 6.07) is 98.3. The summed E-state index contributed by atoms with van der Waals surface area (Å²) in [4.78, 5) is 5.09. The lowest BCUT2D eigenvalue weighted by molar-refractivity contribution is 0.659. The van der Waals surface area contributed by atoms with Crippen LogP contribution in [0.25, 0.3) is 66.8 Å². The fraction of sp³-hybridized carbons (Fsp3) is 0.153. The van der Waals surface area contributed by atoms with Crippen LogP contribution in [0.5, 0.6) is 0 Å². The molecule has 0 unspecified atom stereocenters. The highest BCUT2D eigenvalue weighted by Crippen LogP contribution is 2.65. The van der Waals surface area contributed by atoms with Crippen LogP contribution in [0, 0.1) is 0 Å². The summed E-state index contributed by atoms with van der Waals surface area (Å²) >= 11 is 0. The fourth-order valence-electron chi connectivity index (χ4n) is 17.6. The molecular weight excluding hydrogens is 1050 g/mol. The number of rotatable bonds is 6. The molecule has 18 rings (SSSR count). The van der Waals surface area contributed by atoms with Crippen molar-refractivity contribution in [1.29, 1.82) is 0 Å². The predicted molar refractivity (Wildman–Crippen MR) is 362 cm³/mol. The zero-order valence-corrected chi connectivity index (χ0v) is 50.6. The van der Waals surface area contributed by atoms with Gasteiger partial charge in [-0.05, 0) is 206 Å². The lowest BCUT2D eigenvalue weighted by Gasteiger charge is -2.32. The number of benzene rings is 12. The third kappa shape index (κ3) is 6.50. The van der Waals surface area contributed by atoms with Crippen LogP contribution in [0.1, 0.15) is 122 Å². The van der Waals surface area contributed by atoms with Gasteiger partial charge in [-0.3, -0.25) is 0 Å². The van der Waals surface area contributed by atoms with Gasteiger partial charge in [0.25, 0.3) is 0 Å². The first-order valence-corrected chi connectivity index (χ1v) is 31.2. The van der Waals surface area contributed by atoms with E-state index in [1.165, 1.54) is 134 Å². The van der Waals surface area contributed by atoms with E-state index in [1.807, 2.05) is 0 Å². The van der Waals surface area contributed by atoms with Crippen molar-refractivity contribution in [1.82, 2.24) is 0 Å². The van der Waals surface area contributed by atoms with E-state index in [0.717, 1.165) is 34.1 Å². The first kappa shape index (κ1) is 50.6.